The van der Waals surface area contributed by atoms with Crippen LogP contribution >= 0.6 is 0 Å². The Kier molecular flexibility index (Phi) is 6.92. The van der Waals surface area contributed by atoms with Crippen molar-refractivity contribution in [2.45, 2.75) is 83.1 Å². The number of carbonyl (C=O) groups excluding carboxylic acids is 2. The Morgan fingerprint density at radius 2 is 1.61 bits per heavy atom. The highest BCUT2D eigenvalue weighted by molar-refractivity contribution is 5.76. The van der Waals surface area contributed by atoms with Crippen LogP contribution in [0.15, 0.2) is 0 Å². The van der Waals surface area contributed by atoms with Crippen molar-refractivity contribution in [1.82, 2.24) is 15.1 Å². The maximum atomic E-state index is 12.8. The summed E-state index contributed by atoms with van der Waals surface area (Å²) in [6.07, 6.45) is 13.6. The van der Waals surface area contributed by atoms with Crippen molar-refractivity contribution in [3.8, 4) is 0 Å². The van der Waals surface area contributed by atoms with Gasteiger partial charge in [-0.1, -0.05) is 25.7 Å². The van der Waals surface area contributed by atoms with Crippen molar-refractivity contribution in [3.05, 3.63) is 0 Å². The minimum atomic E-state index is 0.346. The average molecular weight is 390 g/mol. The molecule has 3 aliphatic heterocycles. The van der Waals surface area contributed by atoms with Gasteiger partial charge < -0.3 is 15.1 Å². The minimum Gasteiger partial charge on any atom is -0.343 e. The zero-order valence-corrected chi connectivity index (χ0v) is 17.5. The van der Waals surface area contributed by atoms with Gasteiger partial charge in [-0.3, -0.25) is 9.59 Å². The molecular weight excluding hydrogens is 350 g/mol. The Hall–Kier alpha value is -1.10. The Labute approximate surface area is 170 Å². The van der Waals surface area contributed by atoms with Crippen molar-refractivity contribution in [3.63, 3.8) is 0 Å². The Balaban J connectivity index is 1.20. The maximum Gasteiger partial charge on any atom is 0.222 e. The summed E-state index contributed by atoms with van der Waals surface area (Å²) >= 11 is 0. The van der Waals surface area contributed by atoms with Crippen molar-refractivity contribution in [2.75, 3.05) is 32.7 Å². The highest BCUT2D eigenvalue weighted by Gasteiger charge is 2.37. The molecule has 0 spiro atoms. The predicted octanol–water partition coefficient (Wildman–Crippen LogP) is 3.19. The Morgan fingerprint density at radius 3 is 2.39 bits per heavy atom. The third-order valence-electron chi connectivity index (χ3n) is 7.77. The molecule has 2 bridgehead atoms. The number of hydrogen-bond acceptors (Lipinski definition) is 3. The van der Waals surface area contributed by atoms with E-state index in [0.717, 1.165) is 64.3 Å². The van der Waals surface area contributed by atoms with Crippen LogP contribution in [-0.4, -0.2) is 60.4 Å². The molecule has 4 rings (SSSR count). The molecule has 1 saturated carbocycles. The fraction of sp³-hybridized carbons (Fsp3) is 0.913. The number of nitrogens with zero attached hydrogens (tertiary/aromatic N) is 2. The highest BCUT2D eigenvalue weighted by atomic mass is 16.2. The lowest BCUT2D eigenvalue weighted by molar-refractivity contribution is -0.135. The predicted molar refractivity (Wildman–Crippen MR) is 111 cm³/mol. The van der Waals surface area contributed by atoms with Crippen LogP contribution in [0.1, 0.15) is 77.0 Å². The van der Waals surface area contributed by atoms with Crippen molar-refractivity contribution >= 4 is 11.8 Å². The van der Waals surface area contributed by atoms with Crippen molar-refractivity contribution in [2.24, 2.45) is 17.8 Å². The third-order valence-corrected chi connectivity index (χ3v) is 7.77. The molecule has 3 saturated heterocycles. The summed E-state index contributed by atoms with van der Waals surface area (Å²) in [7, 11) is 0. The SMILES string of the molecule is O=C(CCC[C@H]1NCC2CC1CN(C(=O)CCC1CCCC1)C2)N1CCCC1. The van der Waals surface area contributed by atoms with Gasteiger partial charge in [-0.05, 0) is 62.8 Å². The van der Waals surface area contributed by atoms with Crippen LogP contribution in [0.25, 0.3) is 0 Å². The van der Waals surface area contributed by atoms with Gasteiger partial charge in [0.25, 0.3) is 0 Å². The first-order chi connectivity index (χ1) is 13.7. The monoisotopic (exact) mass is 389 g/mol. The zero-order valence-electron chi connectivity index (χ0n) is 17.5. The molecule has 1 N–H and O–H groups in total. The zero-order chi connectivity index (χ0) is 19.3. The van der Waals surface area contributed by atoms with E-state index in [-0.39, 0.29) is 0 Å². The molecular formula is C23H39N3O2. The number of amides is 2. The second-order valence-electron chi connectivity index (χ2n) is 9.84. The lowest BCUT2D eigenvalue weighted by Crippen LogP contribution is -2.57. The van der Waals surface area contributed by atoms with Crippen molar-refractivity contribution in [1.29, 1.82) is 0 Å². The summed E-state index contributed by atoms with van der Waals surface area (Å²) in [4.78, 5) is 29.3. The van der Waals surface area contributed by atoms with Gasteiger partial charge in [0.1, 0.15) is 0 Å². The van der Waals surface area contributed by atoms with Gasteiger partial charge >= 0.3 is 0 Å². The van der Waals surface area contributed by atoms with E-state index in [0.29, 0.717) is 36.1 Å². The summed E-state index contributed by atoms with van der Waals surface area (Å²) < 4.78 is 0. The van der Waals surface area contributed by atoms with Crippen LogP contribution in [0.2, 0.25) is 0 Å². The first-order valence-corrected chi connectivity index (χ1v) is 12.0. The molecule has 0 aromatic rings. The fourth-order valence-electron chi connectivity index (χ4n) is 6.09. The summed E-state index contributed by atoms with van der Waals surface area (Å²) in [6.45, 7) is 4.84. The molecule has 1 aliphatic carbocycles. The lowest BCUT2D eigenvalue weighted by atomic mass is 9.79. The van der Waals surface area contributed by atoms with Crippen LogP contribution in [0, 0.1) is 17.8 Å². The van der Waals surface area contributed by atoms with E-state index in [1.807, 2.05) is 4.90 Å². The molecule has 0 radical (unpaired) electrons. The second-order valence-corrected chi connectivity index (χ2v) is 9.84. The molecule has 4 fully saturated rings. The van der Waals surface area contributed by atoms with Gasteiger partial charge in [-0.25, -0.2) is 0 Å². The number of rotatable bonds is 7. The summed E-state index contributed by atoms with van der Waals surface area (Å²) in [5.74, 6) is 2.74. The second kappa shape index (κ2) is 9.60. The normalized spacial score (nSPS) is 30.8. The van der Waals surface area contributed by atoms with Gasteiger partial charge in [0.05, 0.1) is 0 Å². The molecule has 2 unspecified atom stereocenters. The summed E-state index contributed by atoms with van der Waals surface area (Å²) in [5.41, 5.74) is 0. The Bertz CT molecular complexity index is 540. The number of fused-ring (bicyclic) bond motifs is 2. The van der Waals surface area contributed by atoms with Gasteiger partial charge in [-0.15, -0.1) is 0 Å². The highest BCUT2D eigenvalue weighted by Crippen LogP contribution is 2.32. The van der Waals surface area contributed by atoms with Gasteiger partial charge in [0, 0.05) is 45.1 Å². The van der Waals surface area contributed by atoms with Gasteiger partial charge in [0.15, 0.2) is 0 Å². The van der Waals surface area contributed by atoms with E-state index in [2.05, 4.69) is 10.2 Å². The number of piperidine rings is 2. The summed E-state index contributed by atoms with van der Waals surface area (Å²) in [6, 6.07) is 0.480. The van der Waals surface area contributed by atoms with E-state index in [9.17, 15) is 9.59 Å². The third kappa shape index (κ3) is 5.08. The summed E-state index contributed by atoms with van der Waals surface area (Å²) in [5, 5.41) is 3.74. The van der Waals surface area contributed by atoms with Gasteiger partial charge in [0.2, 0.25) is 11.8 Å². The molecule has 5 heteroatoms. The minimum absolute atomic E-state index is 0.346. The first-order valence-electron chi connectivity index (χ1n) is 12.0. The van der Waals surface area contributed by atoms with E-state index in [1.54, 1.807) is 0 Å². The first kappa shape index (κ1) is 20.2. The fourth-order valence-corrected chi connectivity index (χ4v) is 6.09. The van der Waals surface area contributed by atoms with Crippen LogP contribution in [-0.2, 0) is 9.59 Å². The van der Waals surface area contributed by atoms with Crippen LogP contribution in [0.4, 0.5) is 0 Å². The van der Waals surface area contributed by atoms with Crippen LogP contribution in [0.3, 0.4) is 0 Å². The smallest absolute Gasteiger partial charge is 0.222 e. The topological polar surface area (TPSA) is 52.7 Å². The van der Waals surface area contributed by atoms with E-state index < -0.39 is 0 Å². The molecule has 5 nitrogen and oxygen atoms in total. The largest absolute Gasteiger partial charge is 0.343 e. The Morgan fingerprint density at radius 1 is 0.857 bits per heavy atom. The number of carbonyl (C=O) groups is 2. The molecule has 28 heavy (non-hydrogen) atoms. The van der Waals surface area contributed by atoms with Crippen LogP contribution < -0.4 is 5.32 Å². The molecule has 0 aromatic heterocycles. The quantitative estimate of drug-likeness (QED) is 0.728. The number of likely N-dealkylation sites (tertiary alicyclic amines) is 2. The number of nitrogens with one attached hydrogen (secondary N) is 1. The molecule has 3 heterocycles. The molecule has 158 valence electrons. The molecule has 2 amide bonds. The van der Waals surface area contributed by atoms with Crippen molar-refractivity contribution < 1.29 is 9.59 Å². The van der Waals surface area contributed by atoms with E-state index >= 15 is 0 Å². The molecule has 4 aliphatic rings. The van der Waals surface area contributed by atoms with Gasteiger partial charge in [-0.2, -0.15) is 0 Å². The lowest BCUT2D eigenvalue weighted by Gasteiger charge is -2.46. The maximum absolute atomic E-state index is 12.8. The molecule has 3 atom stereocenters. The standard InChI is InChI=1S/C23H39N3O2/c27-22(25-12-3-4-13-25)9-5-8-21-20-14-19(15-24-21)16-26(17-20)23(28)11-10-18-6-1-2-7-18/h18-21,24H,1-17H2/t19?,20?,21-/m1/s1. The average Bonchev–Trinajstić information content (AvgIpc) is 3.41. The van der Waals surface area contributed by atoms with E-state index in [1.165, 1.54) is 44.9 Å². The number of hydrogen-bond donors (Lipinski definition) is 1. The van der Waals surface area contributed by atoms with Crippen LogP contribution in [0.5, 0.6) is 0 Å². The molecule has 0 aromatic carbocycles. The van der Waals surface area contributed by atoms with E-state index in [4.69, 9.17) is 0 Å².